The smallest absolute Gasteiger partial charge is 0.0163 e. The molecular weight excluding hydrogens is 166 g/mol. The zero-order chi connectivity index (χ0) is 10.4. The van der Waals surface area contributed by atoms with E-state index in [9.17, 15) is 0 Å². The lowest BCUT2D eigenvalue weighted by Gasteiger charge is -1.83. The van der Waals surface area contributed by atoms with E-state index >= 15 is 0 Å². The summed E-state index contributed by atoms with van der Waals surface area (Å²) in [5, 5.41) is 0. The Hall–Kier alpha value is -0.423. The summed E-state index contributed by atoms with van der Waals surface area (Å²) < 4.78 is 0. The largest absolute Gasteiger partial charge is 0.333 e. The molecule has 0 spiro atoms. The van der Waals surface area contributed by atoms with E-state index in [2.05, 4.69) is 41.5 Å². The summed E-state index contributed by atoms with van der Waals surface area (Å²) in [7, 11) is 5.78. The summed E-state index contributed by atoms with van der Waals surface area (Å²) in [5.74, 6) is 0. The molecular formula is C8H23N3Si. The third-order valence-electron chi connectivity index (χ3n) is 0.940. The molecule has 0 unspecified atom stereocenters. The third-order valence-corrected chi connectivity index (χ3v) is 1.71. The van der Waals surface area contributed by atoms with E-state index in [1.165, 1.54) is 31.4 Å². The zero-order valence-electron chi connectivity index (χ0n) is 8.62. The van der Waals surface area contributed by atoms with Crippen LogP contribution in [0, 0.1) is 0 Å². The van der Waals surface area contributed by atoms with Crippen LogP contribution in [0.1, 0.15) is 0 Å². The molecule has 0 aromatic rings. The van der Waals surface area contributed by atoms with E-state index < -0.39 is 0 Å². The highest BCUT2D eigenvalue weighted by molar-refractivity contribution is 6.14. The van der Waals surface area contributed by atoms with Gasteiger partial charge in [-0.3, -0.25) is 0 Å². The Morgan fingerprint density at radius 1 is 0.833 bits per heavy atom. The van der Waals surface area contributed by atoms with Gasteiger partial charge < -0.3 is 17.2 Å². The van der Waals surface area contributed by atoms with Gasteiger partial charge in [0.05, 0.1) is 0 Å². The van der Waals surface area contributed by atoms with Crippen molar-refractivity contribution in [2.24, 2.45) is 17.2 Å². The van der Waals surface area contributed by atoms with Gasteiger partial charge in [-0.25, -0.2) is 0 Å². The summed E-state index contributed by atoms with van der Waals surface area (Å²) in [6.07, 6.45) is 8.67. The topological polar surface area (TPSA) is 78.1 Å². The minimum absolute atomic E-state index is 0.824. The van der Waals surface area contributed by atoms with E-state index in [-0.39, 0.29) is 0 Å². The predicted molar refractivity (Wildman–Crippen MR) is 62.3 cm³/mol. The number of nitrogens with two attached hydrogens (primary N) is 3. The molecule has 6 N–H and O–H groups in total. The summed E-state index contributed by atoms with van der Waals surface area (Å²) in [6.45, 7) is 0. The molecule has 0 saturated heterocycles. The fraction of sp³-hybridized carbons (Fsp3) is 0.500. The van der Waals surface area contributed by atoms with Crippen molar-refractivity contribution in [2.75, 3.05) is 21.1 Å². The van der Waals surface area contributed by atoms with Gasteiger partial charge in [-0.2, -0.15) is 0 Å². The Morgan fingerprint density at radius 3 is 1.17 bits per heavy atom. The van der Waals surface area contributed by atoms with Crippen LogP contribution in [0.2, 0.25) is 5.54 Å². The molecule has 0 fully saturated rings. The highest BCUT2D eigenvalue weighted by Crippen LogP contribution is 2.08. The predicted octanol–water partition coefficient (Wildman–Crippen LogP) is -1.01. The van der Waals surface area contributed by atoms with Gasteiger partial charge >= 0.3 is 0 Å². The number of hydrogen-bond donors (Lipinski definition) is 3. The van der Waals surface area contributed by atoms with Crippen molar-refractivity contribution in [2.45, 2.75) is 5.54 Å². The minimum Gasteiger partial charge on any atom is -0.333 e. The second-order valence-electron chi connectivity index (χ2n) is 1.63. The molecule has 1 aliphatic rings. The Bertz CT molecular complexity index is 90.5. The van der Waals surface area contributed by atoms with Crippen LogP contribution in [-0.2, 0) is 0 Å². The minimum atomic E-state index is 0.824. The van der Waals surface area contributed by atoms with Crippen molar-refractivity contribution in [3.63, 3.8) is 0 Å². The summed E-state index contributed by atoms with van der Waals surface area (Å²) >= 11 is 0. The standard InChI is InChI=1S/C5H8Si.3CH5N/c6-5-3-1-2-4-5;3*1-2/h1-5H,6H3;3*2H2,1H3. The van der Waals surface area contributed by atoms with Crippen molar-refractivity contribution >= 4 is 10.2 Å². The van der Waals surface area contributed by atoms with Gasteiger partial charge in [0.1, 0.15) is 0 Å². The summed E-state index contributed by atoms with van der Waals surface area (Å²) in [5.41, 5.74) is 14.3. The molecule has 1 aliphatic carbocycles. The van der Waals surface area contributed by atoms with Gasteiger partial charge in [-0.15, -0.1) is 0 Å². The van der Waals surface area contributed by atoms with Gasteiger partial charge in [-0.1, -0.05) is 24.3 Å². The number of hydrogen-bond acceptors (Lipinski definition) is 3. The fourth-order valence-electron chi connectivity index (χ4n) is 0.543. The monoisotopic (exact) mass is 189 g/mol. The van der Waals surface area contributed by atoms with E-state index in [0.29, 0.717) is 0 Å². The van der Waals surface area contributed by atoms with E-state index in [1.54, 1.807) is 0 Å². The first-order valence-electron chi connectivity index (χ1n) is 3.98. The maximum absolute atomic E-state index is 4.50. The average Bonchev–Trinajstić information content (AvgIpc) is 2.66. The second-order valence-corrected chi connectivity index (χ2v) is 2.96. The molecule has 74 valence electrons. The first kappa shape index (κ1) is 17.6. The molecule has 0 bridgehead atoms. The average molecular weight is 189 g/mol. The molecule has 12 heavy (non-hydrogen) atoms. The van der Waals surface area contributed by atoms with Crippen LogP contribution in [0.4, 0.5) is 0 Å². The van der Waals surface area contributed by atoms with Gasteiger partial charge in [-0.05, 0) is 26.7 Å². The van der Waals surface area contributed by atoms with Gasteiger partial charge in [0.2, 0.25) is 0 Å². The molecule has 0 radical (unpaired) electrons. The molecule has 0 amide bonds. The van der Waals surface area contributed by atoms with Crippen LogP contribution >= 0.6 is 0 Å². The molecule has 0 aromatic carbocycles. The first-order valence-corrected chi connectivity index (χ1v) is 5.13. The molecule has 1 rings (SSSR count). The first-order chi connectivity index (χ1) is 5.89. The number of allylic oxidation sites excluding steroid dienone is 4. The van der Waals surface area contributed by atoms with Crippen LogP contribution in [0.15, 0.2) is 24.3 Å². The SMILES string of the molecule is CN.CN.CN.[SiH3]C1C=CC=C1. The molecule has 0 aliphatic heterocycles. The quantitative estimate of drug-likeness (QED) is 0.427. The molecule has 0 saturated carbocycles. The molecule has 0 heterocycles. The highest BCUT2D eigenvalue weighted by atomic mass is 28.1. The van der Waals surface area contributed by atoms with Gasteiger partial charge in [0.25, 0.3) is 0 Å². The molecule has 0 atom stereocenters. The lowest BCUT2D eigenvalue weighted by molar-refractivity contribution is 1.42. The van der Waals surface area contributed by atoms with Crippen molar-refractivity contribution in [3.05, 3.63) is 24.3 Å². The van der Waals surface area contributed by atoms with Crippen molar-refractivity contribution in [1.29, 1.82) is 0 Å². The van der Waals surface area contributed by atoms with Crippen molar-refractivity contribution in [1.82, 2.24) is 0 Å². The van der Waals surface area contributed by atoms with Crippen LogP contribution < -0.4 is 17.2 Å². The normalized spacial score (nSPS) is 11.8. The Morgan fingerprint density at radius 2 is 1.08 bits per heavy atom. The van der Waals surface area contributed by atoms with Crippen LogP contribution in [0.25, 0.3) is 0 Å². The fourth-order valence-corrected chi connectivity index (χ4v) is 0.987. The molecule has 0 aromatic heterocycles. The Kier molecular flexibility index (Phi) is 32.9. The van der Waals surface area contributed by atoms with Crippen molar-refractivity contribution in [3.8, 4) is 0 Å². The van der Waals surface area contributed by atoms with Crippen LogP contribution in [0.5, 0.6) is 0 Å². The molecule has 4 heteroatoms. The lowest BCUT2D eigenvalue weighted by atomic mass is 10.5. The Balaban J connectivity index is -0.000000117. The maximum atomic E-state index is 4.50. The lowest BCUT2D eigenvalue weighted by Crippen LogP contribution is -1.71. The van der Waals surface area contributed by atoms with Crippen molar-refractivity contribution < 1.29 is 0 Å². The number of rotatable bonds is 0. The van der Waals surface area contributed by atoms with Gasteiger partial charge in [0, 0.05) is 10.2 Å². The van der Waals surface area contributed by atoms with E-state index in [4.69, 9.17) is 0 Å². The van der Waals surface area contributed by atoms with Crippen LogP contribution in [-0.4, -0.2) is 31.4 Å². The molecule has 3 nitrogen and oxygen atoms in total. The zero-order valence-corrected chi connectivity index (χ0v) is 10.6. The summed E-state index contributed by atoms with van der Waals surface area (Å²) in [4.78, 5) is 0. The maximum Gasteiger partial charge on any atom is 0.0163 e. The highest BCUT2D eigenvalue weighted by Gasteiger charge is 1.89. The van der Waals surface area contributed by atoms with Gasteiger partial charge in [0.15, 0.2) is 0 Å². The van der Waals surface area contributed by atoms with E-state index in [1.807, 2.05) is 0 Å². The van der Waals surface area contributed by atoms with Crippen LogP contribution in [0.3, 0.4) is 0 Å². The second kappa shape index (κ2) is 22.4. The van der Waals surface area contributed by atoms with E-state index in [0.717, 1.165) is 5.54 Å². The summed E-state index contributed by atoms with van der Waals surface area (Å²) in [6, 6.07) is 0. The Labute approximate surface area is 79.1 Å². The third kappa shape index (κ3) is 16.3.